The van der Waals surface area contributed by atoms with Gasteiger partial charge in [-0.3, -0.25) is 4.79 Å². The monoisotopic (exact) mass is 227 g/mol. The second kappa shape index (κ2) is 7.63. The number of hydrogen-bond acceptors (Lipinski definition) is 3. The Labute approximate surface area is 99.0 Å². The molecule has 1 rings (SSSR count). The van der Waals surface area contributed by atoms with Crippen LogP contribution in [-0.4, -0.2) is 62.0 Å². The van der Waals surface area contributed by atoms with Gasteiger partial charge in [-0.15, -0.1) is 0 Å². The summed E-state index contributed by atoms with van der Waals surface area (Å²) in [5.74, 6) is 0.250. The molecule has 1 aliphatic rings. The SMILES string of the molecule is CCNCCC(=O)N(C)CCN1CCCC1. The summed E-state index contributed by atoms with van der Waals surface area (Å²) in [4.78, 5) is 16.0. The van der Waals surface area contributed by atoms with E-state index in [1.54, 1.807) is 0 Å². The zero-order valence-corrected chi connectivity index (χ0v) is 10.7. The molecule has 0 spiro atoms. The predicted octanol–water partition coefficient (Wildman–Crippen LogP) is 0.540. The average Bonchev–Trinajstić information content (AvgIpc) is 2.79. The lowest BCUT2D eigenvalue weighted by Crippen LogP contribution is -2.36. The summed E-state index contributed by atoms with van der Waals surface area (Å²) in [5, 5.41) is 3.17. The number of carbonyl (C=O) groups excluding carboxylic acids is 1. The first-order valence-electron chi connectivity index (χ1n) is 6.41. The molecule has 1 N–H and O–H groups in total. The van der Waals surface area contributed by atoms with Crippen molar-refractivity contribution >= 4 is 5.91 Å². The summed E-state index contributed by atoms with van der Waals surface area (Å²) in [6.45, 7) is 8.10. The van der Waals surface area contributed by atoms with Crippen LogP contribution in [0.1, 0.15) is 26.2 Å². The summed E-state index contributed by atoms with van der Waals surface area (Å²) < 4.78 is 0. The third-order valence-electron chi connectivity index (χ3n) is 3.14. The molecule has 0 unspecified atom stereocenters. The fraction of sp³-hybridized carbons (Fsp3) is 0.917. The zero-order valence-electron chi connectivity index (χ0n) is 10.7. The lowest BCUT2D eigenvalue weighted by molar-refractivity contribution is -0.129. The summed E-state index contributed by atoms with van der Waals surface area (Å²) >= 11 is 0. The van der Waals surface area contributed by atoms with Crippen LogP contribution in [0.15, 0.2) is 0 Å². The molecule has 94 valence electrons. The Kier molecular flexibility index (Phi) is 6.42. The fourth-order valence-electron chi connectivity index (χ4n) is 1.99. The van der Waals surface area contributed by atoms with Gasteiger partial charge in [0.25, 0.3) is 0 Å². The van der Waals surface area contributed by atoms with Gasteiger partial charge in [0, 0.05) is 33.1 Å². The molecular formula is C12H25N3O. The Balaban J connectivity index is 2.07. The third kappa shape index (κ3) is 4.94. The second-order valence-electron chi connectivity index (χ2n) is 4.47. The molecule has 0 atom stereocenters. The van der Waals surface area contributed by atoms with Crippen LogP contribution in [0.2, 0.25) is 0 Å². The number of nitrogens with one attached hydrogen (secondary N) is 1. The molecular weight excluding hydrogens is 202 g/mol. The highest BCUT2D eigenvalue weighted by atomic mass is 16.2. The summed E-state index contributed by atoms with van der Waals surface area (Å²) in [6, 6.07) is 0. The largest absolute Gasteiger partial charge is 0.344 e. The second-order valence-corrected chi connectivity index (χ2v) is 4.47. The molecule has 1 aliphatic heterocycles. The van der Waals surface area contributed by atoms with E-state index >= 15 is 0 Å². The lowest BCUT2D eigenvalue weighted by Gasteiger charge is -2.21. The van der Waals surface area contributed by atoms with Gasteiger partial charge >= 0.3 is 0 Å². The zero-order chi connectivity index (χ0) is 11.8. The quantitative estimate of drug-likeness (QED) is 0.645. The van der Waals surface area contributed by atoms with Gasteiger partial charge in [0.1, 0.15) is 0 Å². The van der Waals surface area contributed by atoms with Crippen LogP contribution in [-0.2, 0) is 4.79 Å². The predicted molar refractivity (Wildman–Crippen MR) is 66.5 cm³/mol. The molecule has 0 radical (unpaired) electrons. The van der Waals surface area contributed by atoms with Crippen LogP contribution in [0.4, 0.5) is 0 Å². The minimum atomic E-state index is 0.250. The average molecular weight is 227 g/mol. The van der Waals surface area contributed by atoms with Gasteiger partial charge in [-0.2, -0.15) is 0 Å². The number of nitrogens with zero attached hydrogens (tertiary/aromatic N) is 2. The summed E-state index contributed by atoms with van der Waals surface area (Å²) in [6.07, 6.45) is 3.25. The molecule has 0 aliphatic carbocycles. The lowest BCUT2D eigenvalue weighted by atomic mass is 10.3. The van der Waals surface area contributed by atoms with E-state index in [4.69, 9.17) is 0 Å². The van der Waals surface area contributed by atoms with Crippen LogP contribution in [0.3, 0.4) is 0 Å². The normalized spacial score (nSPS) is 16.6. The van der Waals surface area contributed by atoms with Crippen molar-refractivity contribution in [1.82, 2.24) is 15.1 Å². The Morgan fingerprint density at radius 3 is 2.69 bits per heavy atom. The Bertz CT molecular complexity index is 202. The standard InChI is InChI=1S/C12H25N3O/c1-3-13-7-6-12(16)14(2)10-11-15-8-4-5-9-15/h13H,3-11H2,1-2H3. The first-order valence-corrected chi connectivity index (χ1v) is 6.41. The highest BCUT2D eigenvalue weighted by Crippen LogP contribution is 2.06. The Hall–Kier alpha value is -0.610. The number of rotatable bonds is 7. The first kappa shape index (κ1) is 13.5. The van der Waals surface area contributed by atoms with Gasteiger partial charge in [-0.05, 0) is 32.5 Å². The Morgan fingerprint density at radius 2 is 2.06 bits per heavy atom. The molecule has 16 heavy (non-hydrogen) atoms. The molecule has 1 amide bonds. The maximum atomic E-state index is 11.7. The van der Waals surface area contributed by atoms with Crippen LogP contribution >= 0.6 is 0 Å². The van der Waals surface area contributed by atoms with Crippen molar-refractivity contribution in [2.75, 3.05) is 46.3 Å². The van der Waals surface area contributed by atoms with Crippen molar-refractivity contribution in [2.45, 2.75) is 26.2 Å². The van der Waals surface area contributed by atoms with Gasteiger partial charge in [0.2, 0.25) is 5.91 Å². The van der Waals surface area contributed by atoms with Crippen molar-refractivity contribution in [3.05, 3.63) is 0 Å². The van der Waals surface area contributed by atoms with Crippen LogP contribution in [0.5, 0.6) is 0 Å². The highest BCUT2D eigenvalue weighted by molar-refractivity contribution is 5.76. The molecule has 0 saturated carbocycles. The van der Waals surface area contributed by atoms with E-state index in [1.807, 2.05) is 11.9 Å². The molecule has 0 aromatic carbocycles. The van der Waals surface area contributed by atoms with Gasteiger partial charge < -0.3 is 15.1 Å². The Morgan fingerprint density at radius 1 is 1.38 bits per heavy atom. The summed E-state index contributed by atoms with van der Waals surface area (Å²) in [5.41, 5.74) is 0. The maximum Gasteiger partial charge on any atom is 0.223 e. The van der Waals surface area contributed by atoms with Crippen molar-refractivity contribution in [2.24, 2.45) is 0 Å². The number of likely N-dealkylation sites (N-methyl/N-ethyl adjacent to an activating group) is 1. The number of hydrogen-bond donors (Lipinski definition) is 1. The van der Waals surface area contributed by atoms with Crippen molar-refractivity contribution < 1.29 is 4.79 Å². The molecule has 1 saturated heterocycles. The smallest absolute Gasteiger partial charge is 0.223 e. The van der Waals surface area contributed by atoms with Gasteiger partial charge in [0.15, 0.2) is 0 Å². The fourth-order valence-corrected chi connectivity index (χ4v) is 1.99. The van der Waals surface area contributed by atoms with E-state index in [0.29, 0.717) is 6.42 Å². The van der Waals surface area contributed by atoms with Crippen molar-refractivity contribution in [1.29, 1.82) is 0 Å². The van der Waals surface area contributed by atoms with Crippen LogP contribution in [0.25, 0.3) is 0 Å². The molecule has 0 bridgehead atoms. The minimum absolute atomic E-state index is 0.250. The highest BCUT2D eigenvalue weighted by Gasteiger charge is 2.13. The van der Waals surface area contributed by atoms with Crippen LogP contribution < -0.4 is 5.32 Å². The van der Waals surface area contributed by atoms with Gasteiger partial charge in [-0.25, -0.2) is 0 Å². The first-order chi connectivity index (χ1) is 7.74. The van der Waals surface area contributed by atoms with E-state index in [2.05, 4.69) is 17.1 Å². The van der Waals surface area contributed by atoms with E-state index in [1.165, 1.54) is 25.9 Å². The minimum Gasteiger partial charge on any atom is -0.344 e. The summed E-state index contributed by atoms with van der Waals surface area (Å²) in [7, 11) is 1.91. The maximum absolute atomic E-state index is 11.7. The van der Waals surface area contributed by atoms with Crippen molar-refractivity contribution in [3.8, 4) is 0 Å². The molecule has 0 aromatic heterocycles. The molecule has 4 nitrogen and oxygen atoms in total. The molecule has 4 heteroatoms. The van der Waals surface area contributed by atoms with Crippen LogP contribution in [0, 0.1) is 0 Å². The van der Waals surface area contributed by atoms with Gasteiger partial charge in [-0.1, -0.05) is 6.92 Å². The van der Waals surface area contributed by atoms with Gasteiger partial charge in [0.05, 0.1) is 0 Å². The van der Waals surface area contributed by atoms with E-state index in [0.717, 1.165) is 26.2 Å². The van der Waals surface area contributed by atoms with E-state index in [9.17, 15) is 4.79 Å². The number of amides is 1. The number of carbonyl (C=O) groups is 1. The molecule has 1 heterocycles. The van der Waals surface area contributed by atoms with E-state index < -0.39 is 0 Å². The molecule has 0 aromatic rings. The molecule has 1 fully saturated rings. The number of likely N-dealkylation sites (tertiary alicyclic amines) is 1. The van der Waals surface area contributed by atoms with E-state index in [-0.39, 0.29) is 5.91 Å². The van der Waals surface area contributed by atoms with Crippen molar-refractivity contribution in [3.63, 3.8) is 0 Å². The third-order valence-corrected chi connectivity index (χ3v) is 3.14. The topological polar surface area (TPSA) is 35.6 Å².